The van der Waals surface area contributed by atoms with Crippen molar-refractivity contribution < 1.29 is 9.50 Å². The first-order valence-corrected chi connectivity index (χ1v) is 8.05. The molecule has 0 radical (unpaired) electrons. The maximum atomic E-state index is 13.6. The third-order valence-corrected chi connectivity index (χ3v) is 4.52. The molecule has 0 aromatic heterocycles. The van der Waals surface area contributed by atoms with Crippen LogP contribution in [0.5, 0.6) is 0 Å². The number of aliphatic hydroxyl groups excluding tert-OH is 1. The van der Waals surface area contributed by atoms with Gasteiger partial charge in [0.15, 0.2) is 0 Å². The highest BCUT2D eigenvalue weighted by molar-refractivity contribution is 6.31. The van der Waals surface area contributed by atoms with Crippen molar-refractivity contribution >= 4 is 11.6 Å². The zero-order valence-corrected chi connectivity index (χ0v) is 13.1. The van der Waals surface area contributed by atoms with E-state index in [-0.39, 0.29) is 12.4 Å². The molecule has 2 N–H and O–H groups in total. The van der Waals surface area contributed by atoms with E-state index in [1.807, 2.05) is 0 Å². The molecule has 1 fully saturated rings. The van der Waals surface area contributed by atoms with Crippen molar-refractivity contribution in [1.82, 2.24) is 10.2 Å². The van der Waals surface area contributed by atoms with Gasteiger partial charge in [0, 0.05) is 17.1 Å². The number of piperidine rings is 1. The fourth-order valence-electron chi connectivity index (χ4n) is 2.85. The second-order valence-electron chi connectivity index (χ2n) is 5.66. The zero-order chi connectivity index (χ0) is 15.1. The summed E-state index contributed by atoms with van der Waals surface area (Å²) in [4.78, 5) is 2.30. The van der Waals surface area contributed by atoms with Crippen LogP contribution in [-0.2, 0) is 6.42 Å². The summed E-state index contributed by atoms with van der Waals surface area (Å²) in [5, 5.41) is 12.8. The van der Waals surface area contributed by atoms with E-state index in [0.717, 1.165) is 45.6 Å². The molecule has 1 heterocycles. The van der Waals surface area contributed by atoms with Crippen LogP contribution in [0.25, 0.3) is 0 Å². The van der Waals surface area contributed by atoms with Gasteiger partial charge in [0.1, 0.15) is 5.82 Å². The molecule has 0 saturated carbocycles. The lowest BCUT2D eigenvalue weighted by molar-refractivity contribution is 0.147. The Bertz CT molecular complexity index is 416. The molecule has 1 saturated heterocycles. The summed E-state index contributed by atoms with van der Waals surface area (Å²) in [6.07, 6.45) is 2.94. The van der Waals surface area contributed by atoms with Gasteiger partial charge in [-0.15, -0.1) is 0 Å². The summed E-state index contributed by atoms with van der Waals surface area (Å²) in [5.74, 6) is 0.456. The minimum absolute atomic E-state index is 0.221. The third-order valence-electron chi connectivity index (χ3n) is 4.17. The average Bonchev–Trinajstić information content (AvgIpc) is 2.48. The number of hydrogen-bond donors (Lipinski definition) is 2. The smallest absolute Gasteiger partial charge is 0.127 e. The fourth-order valence-corrected chi connectivity index (χ4v) is 3.10. The van der Waals surface area contributed by atoms with Crippen molar-refractivity contribution in [2.24, 2.45) is 5.92 Å². The molecule has 0 atom stereocenters. The average molecular weight is 315 g/mol. The number of halogens is 2. The molecule has 0 spiro atoms. The molecule has 118 valence electrons. The van der Waals surface area contributed by atoms with E-state index >= 15 is 0 Å². The lowest BCUT2D eigenvalue weighted by atomic mass is 9.97. The molecular weight excluding hydrogens is 291 g/mol. The van der Waals surface area contributed by atoms with Crippen molar-refractivity contribution in [1.29, 1.82) is 0 Å². The van der Waals surface area contributed by atoms with Crippen LogP contribution >= 0.6 is 11.6 Å². The van der Waals surface area contributed by atoms with Crippen LogP contribution in [0.4, 0.5) is 4.39 Å². The number of β-amino-alcohol motifs (C(OH)–C–C–N with tert-alkyl or cyclic N) is 1. The molecule has 1 aliphatic heterocycles. The number of likely N-dealkylation sites (tertiary alicyclic amines) is 1. The van der Waals surface area contributed by atoms with Crippen LogP contribution in [0.1, 0.15) is 18.4 Å². The highest BCUT2D eigenvalue weighted by Crippen LogP contribution is 2.19. The maximum absolute atomic E-state index is 13.6. The van der Waals surface area contributed by atoms with Gasteiger partial charge in [-0.3, -0.25) is 0 Å². The molecule has 1 aromatic carbocycles. The molecule has 2 rings (SSSR count). The van der Waals surface area contributed by atoms with Crippen molar-refractivity contribution in [3.63, 3.8) is 0 Å². The topological polar surface area (TPSA) is 35.5 Å². The Morgan fingerprint density at radius 3 is 2.76 bits per heavy atom. The first kappa shape index (κ1) is 16.7. The van der Waals surface area contributed by atoms with Crippen LogP contribution in [0.15, 0.2) is 18.2 Å². The Morgan fingerprint density at radius 2 is 2.10 bits per heavy atom. The second-order valence-corrected chi connectivity index (χ2v) is 6.07. The summed E-state index contributed by atoms with van der Waals surface area (Å²) >= 11 is 6.01. The van der Waals surface area contributed by atoms with Crippen molar-refractivity contribution in [3.05, 3.63) is 34.6 Å². The largest absolute Gasteiger partial charge is 0.395 e. The Balaban J connectivity index is 1.64. The second kappa shape index (κ2) is 8.69. The van der Waals surface area contributed by atoms with E-state index in [1.54, 1.807) is 12.1 Å². The quantitative estimate of drug-likeness (QED) is 0.758. The number of nitrogens with one attached hydrogen (secondary N) is 1. The molecule has 3 nitrogen and oxygen atoms in total. The van der Waals surface area contributed by atoms with Crippen LogP contribution in [0.2, 0.25) is 5.02 Å². The number of rotatable bonds is 7. The van der Waals surface area contributed by atoms with Gasteiger partial charge in [0.25, 0.3) is 0 Å². The molecular formula is C16H24ClFN2O. The molecule has 0 unspecified atom stereocenters. The SMILES string of the molecule is OCCN1CCC(CNCCc2c(F)cccc2Cl)CC1. The predicted octanol–water partition coefficient (Wildman–Crippen LogP) is 2.32. The van der Waals surface area contributed by atoms with E-state index < -0.39 is 0 Å². The number of aliphatic hydroxyl groups is 1. The van der Waals surface area contributed by atoms with Gasteiger partial charge in [-0.25, -0.2) is 4.39 Å². The predicted molar refractivity (Wildman–Crippen MR) is 84.2 cm³/mol. The Kier molecular flexibility index (Phi) is 6.90. The van der Waals surface area contributed by atoms with E-state index in [0.29, 0.717) is 22.9 Å². The molecule has 1 aliphatic rings. The Morgan fingerprint density at radius 1 is 1.33 bits per heavy atom. The number of benzene rings is 1. The van der Waals surface area contributed by atoms with Gasteiger partial charge in [-0.05, 0) is 63.5 Å². The maximum Gasteiger partial charge on any atom is 0.127 e. The summed E-state index contributed by atoms with van der Waals surface area (Å²) < 4.78 is 13.6. The molecule has 0 bridgehead atoms. The highest BCUT2D eigenvalue weighted by atomic mass is 35.5. The highest BCUT2D eigenvalue weighted by Gasteiger charge is 2.18. The van der Waals surface area contributed by atoms with Crippen molar-refractivity contribution in [2.75, 3.05) is 39.3 Å². The van der Waals surface area contributed by atoms with Crippen molar-refractivity contribution in [2.45, 2.75) is 19.3 Å². The van der Waals surface area contributed by atoms with E-state index in [1.165, 1.54) is 6.07 Å². The molecule has 0 amide bonds. The molecule has 5 heteroatoms. The lowest BCUT2D eigenvalue weighted by Gasteiger charge is -2.31. The Labute approximate surface area is 131 Å². The number of nitrogens with zero attached hydrogens (tertiary/aromatic N) is 1. The summed E-state index contributed by atoms with van der Waals surface area (Å²) in [6.45, 7) is 4.87. The van der Waals surface area contributed by atoms with Gasteiger partial charge >= 0.3 is 0 Å². The summed E-state index contributed by atoms with van der Waals surface area (Å²) in [5.41, 5.74) is 0.601. The van der Waals surface area contributed by atoms with Gasteiger partial charge in [0.05, 0.1) is 6.61 Å². The van der Waals surface area contributed by atoms with Gasteiger partial charge in [0.2, 0.25) is 0 Å². The van der Waals surface area contributed by atoms with E-state index in [2.05, 4.69) is 10.2 Å². The van der Waals surface area contributed by atoms with E-state index in [9.17, 15) is 4.39 Å². The third kappa shape index (κ3) is 5.22. The van der Waals surface area contributed by atoms with Crippen LogP contribution in [0.3, 0.4) is 0 Å². The minimum atomic E-state index is -0.221. The molecule has 0 aliphatic carbocycles. The summed E-state index contributed by atoms with van der Waals surface area (Å²) in [6, 6.07) is 4.82. The first-order chi connectivity index (χ1) is 10.2. The van der Waals surface area contributed by atoms with E-state index in [4.69, 9.17) is 16.7 Å². The Hall–Kier alpha value is -0.680. The van der Waals surface area contributed by atoms with Gasteiger partial charge in [-0.1, -0.05) is 17.7 Å². The normalized spacial score (nSPS) is 17.3. The van der Waals surface area contributed by atoms with Gasteiger partial charge in [-0.2, -0.15) is 0 Å². The fraction of sp³-hybridized carbons (Fsp3) is 0.625. The minimum Gasteiger partial charge on any atom is -0.395 e. The zero-order valence-electron chi connectivity index (χ0n) is 12.3. The number of hydrogen-bond acceptors (Lipinski definition) is 3. The molecule has 1 aromatic rings. The van der Waals surface area contributed by atoms with Crippen LogP contribution < -0.4 is 5.32 Å². The molecule has 21 heavy (non-hydrogen) atoms. The van der Waals surface area contributed by atoms with Crippen LogP contribution in [0, 0.1) is 11.7 Å². The standard InChI is InChI=1S/C16H24ClFN2O/c17-15-2-1-3-16(18)14(15)4-7-19-12-13-5-8-20(9-6-13)10-11-21/h1-3,13,19,21H,4-12H2. The monoisotopic (exact) mass is 314 g/mol. The summed E-state index contributed by atoms with van der Waals surface area (Å²) in [7, 11) is 0. The first-order valence-electron chi connectivity index (χ1n) is 7.67. The lowest BCUT2D eigenvalue weighted by Crippen LogP contribution is -2.38. The van der Waals surface area contributed by atoms with Crippen LogP contribution in [-0.4, -0.2) is 49.3 Å². The van der Waals surface area contributed by atoms with Crippen molar-refractivity contribution in [3.8, 4) is 0 Å². The van der Waals surface area contributed by atoms with Gasteiger partial charge < -0.3 is 15.3 Å².